The summed E-state index contributed by atoms with van der Waals surface area (Å²) in [5.74, 6) is 0.396. The van der Waals surface area contributed by atoms with E-state index in [0.717, 1.165) is 25.1 Å². The number of nitrogen functional groups attached to an aromatic ring is 1. The molecule has 0 aliphatic heterocycles. The van der Waals surface area contributed by atoms with Crippen molar-refractivity contribution in [3.8, 4) is 0 Å². The minimum absolute atomic E-state index is 0.0929. The number of anilines is 2. The van der Waals surface area contributed by atoms with Crippen molar-refractivity contribution in [1.29, 1.82) is 0 Å². The zero-order valence-corrected chi connectivity index (χ0v) is 11.1. The van der Waals surface area contributed by atoms with Crippen LogP contribution in [0.2, 0.25) is 0 Å². The largest absolute Gasteiger partial charge is 0.397 e. The lowest BCUT2D eigenvalue weighted by Crippen LogP contribution is -2.33. The molecule has 0 heterocycles. The van der Waals surface area contributed by atoms with Gasteiger partial charge in [0.15, 0.2) is 0 Å². The highest BCUT2D eigenvalue weighted by Crippen LogP contribution is 2.28. The van der Waals surface area contributed by atoms with Crippen LogP contribution in [0.15, 0.2) is 18.2 Å². The molecule has 104 valence electrons. The average Bonchev–Trinajstić information content (AvgIpc) is 2.35. The van der Waals surface area contributed by atoms with Gasteiger partial charge in [-0.15, -0.1) is 0 Å². The third-order valence-electron chi connectivity index (χ3n) is 3.44. The van der Waals surface area contributed by atoms with Crippen LogP contribution in [-0.4, -0.2) is 30.2 Å². The Labute approximate surface area is 113 Å². The van der Waals surface area contributed by atoms with E-state index in [2.05, 4.69) is 10.6 Å². The van der Waals surface area contributed by atoms with Gasteiger partial charge in [-0.25, -0.2) is 0 Å². The number of nitrogens with two attached hydrogens (primary N) is 1. The Morgan fingerprint density at radius 2 is 2.21 bits per heavy atom. The summed E-state index contributed by atoms with van der Waals surface area (Å²) in [5.41, 5.74) is 7.91. The molecule has 1 aliphatic carbocycles. The van der Waals surface area contributed by atoms with E-state index in [1.165, 1.54) is 0 Å². The SMILES string of the molecule is CCNC(=O)c1ccc(N)c(NCC2CC(O)C2)c1. The molecule has 0 saturated heterocycles. The maximum absolute atomic E-state index is 11.7. The number of carbonyl (C=O) groups is 1. The number of hydrogen-bond donors (Lipinski definition) is 4. The van der Waals surface area contributed by atoms with Gasteiger partial charge >= 0.3 is 0 Å². The number of hydrogen-bond acceptors (Lipinski definition) is 4. The first-order valence-corrected chi connectivity index (χ1v) is 6.69. The Balaban J connectivity index is 1.98. The Kier molecular flexibility index (Phi) is 4.27. The molecule has 0 aromatic heterocycles. The first kappa shape index (κ1) is 13.7. The predicted octanol–water partition coefficient (Wildman–Crippen LogP) is 1.20. The van der Waals surface area contributed by atoms with Crippen LogP contribution < -0.4 is 16.4 Å². The summed E-state index contributed by atoms with van der Waals surface area (Å²) in [7, 11) is 0. The minimum atomic E-state index is -0.147. The fourth-order valence-electron chi connectivity index (χ4n) is 2.23. The van der Waals surface area contributed by atoms with E-state index in [1.807, 2.05) is 6.92 Å². The standard InChI is InChI=1S/C14H21N3O2/c1-2-16-14(19)10-3-4-12(15)13(7-10)17-8-9-5-11(18)6-9/h3-4,7,9,11,17-18H,2,5-6,8,15H2,1H3,(H,16,19). The van der Waals surface area contributed by atoms with Crippen LogP contribution in [0.25, 0.3) is 0 Å². The summed E-state index contributed by atoms with van der Waals surface area (Å²) in [5, 5.41) is 15.3. The summed E-state index contributed by atoms with van der Waals surface area (Å²) in [6.45, 7) is 3.27. The van der Waals surface area contributed by atoms with E-state index in [9.17, 15) is 9.90 Å². The Hall–Kier alpha value is -1.75. The summed E-state index contributed by atoms with van der Waals surface area (Å²) in [6, 6.07) is 5.23. The van der Waals surface area contributed by atoms with Crippen molar-refractivity contribution in [2.75, 3.05) is 24.1 Å². The van der Waals surface area contributed by atoms with Crippen molar-refractivity contribution in [2.24, 2.45) is 5.92 Å². The van der Waals surface area contributed by atoms with Crippen LogP contribution in [0, 0.1) is 5.92 Å². The van der Waals surface area contributed by atoms with Crippen molar-refractivity contribution in [3.63, 3.8) is 0 Å². The van der Waals surface area contributed by atoms with Crippen molar-refractivity contribution in [2.45, 2.75) is 25.9 Å². The molecule has 0 spiro atoms. The Morgan fingerprint density at radius 3 is 2.84 bits per heavy atom. The second-order valence-corrected chi connectivity index (χ2v) is 5.03. The first-order valence-electron chi connectivity index (χ1n) is 6.69. The van der Waals surface area contributed by atoms with Gasteiger partial charge in [0.1, 0.15) is 0 Å². The smallest absolute Gasteiger partial charge is 0.251 e. The van der Waals surface area contributed by atoms with Gasteiger partial charge in [0, 0.05) is 18.7 Å². The predicted molar refractivity (Wildman–Crippen MR) is 76.1 cm³/mol. The van der Waals surface area contributed by atoms with Crippen LogP contribution >= 0.6 is 0 Å². The number of aliphatic hydroxyl groups is 1. The highest BCUT2D eigenvalue weighted by atomic mass is 16.3. The Bertz CT molecular complexity index is 456. The van der Waals surface area contributed by atoms with Gasteiger partial charge in [0.05, 0.1) is 17.5 Å². The van der Waals surface area contributed by atoms with Gasteiger partial charge in [-0.1, -0.05) is 0 Å². The molecule has 2 rings (SSSR count). The third kappa shape index (κ3) is 3.38. The second-order valence-electron chi connectivity index (χ2n) is 5.03. The molecule has 1 aromatic carbocycles. The fourth-order valence-corrected chi connectivity index (χ4v) is 2.23. The number of nitrogens with one attached hydrogen (secondary N) is 2. The molecule has 1 amide bonds. The highest BCUT2D eigenvalue weighted by Gasteiger charge is 2.26. The maximum Gasteiger partial charge on any atom is 0.251 e. The van der Waals surface area contributed by atoms with Crippen molar-refractivity contribution >= 4 is 17.3 Å². The molecule has 5 nitrogen and oxygen atoms in total. The van der Waals surface area contributed by atoms with Gasteiger partial charge in [0.2, 0.25) is 0 Å². The number of amides is 1. The van der Waals surface area contributed by atoms with E-state index in [1.54, 1.807) is 18.2 Å². The summed E-state index contributed by atoms with van der Waals surface area (Å²) < 4.78 is 0. The van der Waals surface area contributed by atoms with E-state index in [4.69, 9.17) is 5.73 Å². The molecule has 0 bridgehead atoms. The van der Waals surface area contributed by atoms with Crippen LogP contribution in [0.1, 0.15) is 30.1 Å². The Morgan fingerprint density at radius 1 is 1.47 bits per heavy atom. The second kappa shape index (κ2) is 5.93. The van der Waals surface area contributed by atoms with E-state index >= 15 is 0 Å². The van der Waals surface area contributed by atoms with E-state index in [-0.39, 0.29) is 12.0 Å². The van der Waals surface area contributed by atoms with Gasteiger partial charge in [0.25, 0.3) is 5.91 Å². The zero-order valence-electron chi connectivity index (χ0n) is 11.1. The molecule has 5 heteroatoms. The number of rotatable bonds is 5. The molecular weight excluding hydrogens is 242 g/mol. The molecule has 19 heavy (non-hydrogen) atoms. The van der Waals surface area contributed by atoms with Gasteiger partial charge in [-0.2, -0.15) is 0 Å². The monoisotopic (exact) mass is 263 g/mol. The topological polar surface area (TPSA) is 87.4 Å². The zero-order chi connectivity index (χ0) is 13.8. The quantitative estimate of drug-likeness (QED) is 0.601. The van der Waals surface area contributed by atoms with Crippen LogP contribution in [0.5, 0.6) is 0 Å². The van der Waals surface area contributed by atoms with Crippen molar-refractivity contribution < 1.29 is 9.90 Å². The average molecular weight is 263 g/mol. The normalized spacial score (nSPS) is 21.6. The number of benzene rings is 1. The molecule has 1 saturated carbocycles. The third-order valence-corrected chi connectivity index (χ3v) is 3.44. The van der Waals surface area contributed by atoms with Crippen molar-refractivity contribution in [3.05, 3.63) is 23.8 Å². The molecule has 1 aliphatic rings. The number of carbonyl (C=O) groups excluding carboxylic acids is 1. The molecular formula is C14H21N3O2. The molecule has 0 atom stereocenters. The van der Waals surface area contributed by atoms with Gasteiger partial charge in [-0.3, -0.25) is 4.79 Å². The van der Waals surface area contributed by atoms with Crippen LogP contribution in [-0.2, 0) is 0 Å². The minimum Gasteiger partial charge on any atom is -0.397 e. The molecule has 1 aromatic rings. The first-order chi connectivity index (χ1) is 9.10. The van der Waals surface area contributed by atoms with E-state index < -0.39 is 0 Å². The highest BCUT2D eigenvalue weighted by molar-refractivity contribution is 5.96. The molecule has 1 fully saturated rings. The summed E-state index contributed by atoms with van der Waals surface area (Å²) >= 11 is 0. The molecule has 0 radical (unpaired) electrons. The summed E-state index contributed by atoms with van der Waals surface area (Å²) in [6.07, 6.45) is 1.53. The molecule has 5 N–H and O–H groups in total. The lowest BCUT2D eigenvalue weighted by atomic mass is 9.82. The van der Waals surface area contributed by atoms with Crippen molar-refractivity contribution in [1.82, 2.24) is 5.32 Å². The number of aliphatic hydroxyl groups excluding tert-OH is 1. The molecule has 0 unspecified atom stereocenters. The van der Waals surface area contributed by atoms with Gasteiger partial charge < -0.3 is 21.5 Å². The fraction of sp³-hybridized carbons (Fsp3) is 0.500. The summed E-state index contributed by atoms with van der Waals surface area (Å²) in [4.78, 5) is 11.7. The lowest BCUT2D eigenvalue weighted by molar-refractivity contribution is 0.0487. The van der Waals surface area contributed by atoms with Gasteiger partial charge in [-0.05, 0) is 43.9 Å². The van der Waals surface area contributed by atoms with Crippen LogP contribution in [0.3, 0.4) is 0 Å². The van der Waals surface area contributed by atoms with E-state index in [0.29, 0.717) is 23.7 Å². The lowest BCUT2D eigenvalue weighted by Gasteiger charge is -2.31. The maximum atomic E-state index is 11.7. The van der Waals surface area contributed by atoms with Crippen LogP contribution in [0.4, 0.5) is 11.4 Å².